The molecule has 22 heavy (non-hydrogen) atoms. The lowest BCUT2D eigenvalue weighted by atomic mass is 9.96. The van der Waals surface area contributed by atoms with Crippen LogP contribution in [0, 0.1) is 13.8 Å². The molecule has 114 valence electrons. The number of hydrogen-bond acceptors (Lipinski definition) is 3. The van der Waals surface area contributed by atoms with Crippen molar-refractivity contribution in [2.24, 2.45) is 0 Å². The van der Waals surface area contributed by atoms with Gasteiger partial charge in [-0.3, -0.25) is 9.78 Å². The molecule has 0 saturated carbocycles. The van der Waals surface area contributed by atoms with Crippen LogP contribution in [0.3, 0.4) is 0 Å². The first-order valence-corrected chi connectivity index (χ1v) is 6.98. The van der Waals surface area contributed by atoms with Crippen LogP contribution in [0.25, 0.3) is 0 Å². The van der Waals surface area contributed by atoms with Crippen molar-refractivity contribution in [1.29, 1.82) is 0 Å². The summed E-state index contributed by atoms with van der Waals surface area (Å²) in [5, 5.41) is 12.0. The van der Waals surface area contributed by atoms with Crippen LogP contribution in [0.5, 0.6) is 0 Å². The molecule has 2 N–H and O–H groups in total. The lowest BCUT2D eigenvalue weighted by Crippen LogP contribution is -2.42. The first-order valence-electron chi connectivity index (χ1n) is 6.98. The Balaban J connectivity index is 2.18. The van der Waals surface area contributed by atoms with Crippen molar-refractivity contribution in [3.63, 3.8) is 0 Å². The first-order chi connectivity index (χ1) is 10.5. The van der Waals surface area contributed by atoms with Gasteiger partial charge in [0.05, 0.1) is 0 Å². The van der Waals surface area contributed by atoms with Crippen molar-refractivity contribution in [3.8, 4) is 0 Å². The second kappa shape index (κ2) is 6.85. The van der Waals surface area contributed by atoms with E-state index in [1.807, 2.05) is 32.0 Å². The normalized spacial score (nSPS) is 11.7. The van der Waals surface area contributed by atoms with E-state index in [4.69, 9.17) is 0 Å². The highest BCUT2D eigenvalue weighted by molar-refractivity contribution is 5.96. The van der Waals surface area contributed by atoms with Crippen molar-refractivity contribution in [3.05, 3.63) is 65.0 Å². The molecule has 1 heterocycles. The SMILES string of the molecule is Cc1cccc(C)c1C[C@@H](NC(=O)c1ccncc1)C(=O)O. The topological polar surface area (TPSA) is 79.3 Å². The number of aryl methyl sites for hydroxylation is 2. The predicted molar refractivity (Wildman–Crippen MR) is 82.7 cm³/mol. The zero-order chi connectivity index (χ0) is 16.1. The molecule has 0 aliphatic rings. The van der Waals surface area contributed by atoms with Crippen LogP contribution in [-0.4, -0.2) is 28.0 Å². The van der Waals surface area contributed by atoms with Gasteiger partial charge in [-0.05, 0) is 42.7 Å². The Bertz CT molecular complexity index is 663. The van der Waals surface area contributed by atoms with Crippen LogP contribution >= 0.6 is 0 Å². The first kappa shape index (κ1) is 15.7. The van der Waals surface area contributed by atoms with E-state index in [0.29, 0.717) is 5.56 Å². The largest absolute Gasteiger partial charge is 0.480 e. The maximum atomic E-state index is 12.1. The minimum atomic E-state index is -1.05. The number of rotatable bonds is 5. The summed E-state index contributed by atoms with van der Waals surface area (Å²) in [5.41, 5.74) is 3.38. The summed E-state index contributed by atoms with van der Waals surface area (Å²) in [6.45, 7) is 3.87. The highest BCUT2D eigenvalue weighted by atomic mass is 16.4. The summed E-state index contributed by atoms with van der Waals surface area (Å²) < 4.78 is 0. The van der Waals surface area contributed by atoms with Crippen LogP contribution in [0.1, 0.15) is 27.0 Å². The molecule has 0 saturated heterocycles. The maximum Gasteiger partial charge on any atom is 0.326 e. The van der Waals surface area contributed by atoms with E-state index in [1.165, 1.54) is 12.4 Å². The van der Waals surface area contributed by atoms with Gasteiger partial charge in [-0.2, -0.15) is 0 Å². The Morgan fingerprint density at radius 1 is 1.14 bits per heavy atom. The van der Waals surface area contributed by atoms with E-state index in [-0.39, 0.29) is 6.42 Å². The van der Waals surface area contributed by atoms with E-state index in [0.717, 1.165) is 16.7 Å². The van der Waals surface area contributed by atoms with Crippen LogP contribution in [0.2, 0.25) is 0 Å². The van der Waals surface area contributed by atoms with E-state index in [2.05, 4.69) is 10.3 Å². The van der Waals surface area contributed by atoms with Gasteiger partial charge in [-0.15, -0.1) is 0 Å². The Kier molecular flexibility index (Phi) is 4.88. The molecule has 5 nitrogen and oxygen atoms in total. The monoisotopic (exact) mass is 298 g/mol. The fourth-order valence-corrected chi connectivity index (χ4v) is 2.32. The summed E-state index contributed by atoms with van der Waals surface area (Å²) in [7, 11) is 0. The number of amides is 1. The number of nitrogens with zero attached hydrogens (tertiary/aromatic N) is 1. The molecule has 5 heteroatoms. The summed E-state index contributed by atoms with van der Waals surface area (Å²) in [4.78, 5) is 27.4. The van der Waals surface area contributed by atoms with Gasteiger partial charge in [0.15, 0.2) is 0 Å². The minimum Gasteiger partial charge on any atom is -0.480 e. The van der Waals surface area contributed by atoms with Crippen LogP contribution in [-0.2, 0) is 11.2 Å². The molecule has 2 rings (SSSR count). The lowest BCUT2D eigenvalue weighted by molar-refractivity contribution is -0.139. The Morgan fingerprint density at radius 3 is 2.27 bits per heavy atom. The molecule has 0 spiro atoms. The van der Waals surface area contributed by atoms with Crippen LogP contribution in [0.4, 0.5) is 0 Å². The summed E-state index contributed by atoms with van der Waals surface area (Å²) in [5.74, 6) is -1.47. The standard InChI is InChI=1S/C17H18N2O3/c1-11-4-3-5-12(2)14(11)10-15(17(21)22)19-16(20)13-6-8-18-9-7-13/h3-9,15H,10H2,1-2H3,(H,19,20)(H,21,22)/t15-/m1/s1. The number of carboxylic acids is 1. The molecule has 0 radical (unpaired) electrons. The number of carbonyl (C=O) groups excluding carboxylic acids is 1. The van der Waals surface area contributed by atoms with Gasteiger partial charge in [0, 0.05) is 24.4 Å². The van der Waals surface area contributed by atoms with Gasteiger partial charge in [-0.1, -0.05) is 18.2 Å². The van der Waals surface area contributed by atoms with E-state index in [9.17, 15) is 14.7 Å². The molecule has 1 aromatic heterocycles. The van der Waals surface area contributed by atoms with Crippen LogP contribution in [0.15, 0.2) is 42.7 Å². The zero-order valence-electron chi connectivity index (χ0n) is 12.5. The maximum absolute atomic E-state index is 12.1. The van der Waals surface area contributed by atoms with Crippen molar-refractivity contribution in [2.75, 3.05) is 0 Å². The second-order valence-electron chi connectivity index (χ2n) is 5.17. The molecule has 0 aliphatic carbocycles. The molecule has 0 bridgehead atoms. The second-order valence-corrected chi connectivity index (χ2v) is 5.17. The third-order valence-electron chi connectivity index (χ3n) is 3.60. The summed E-state index contributed by atoms with van der Waals surface area (Å²) >= 11 is 0. The number of aromatic nitrogens is 1. The number of pyridine rings is 1. The molecule has 0 aliphatic heterocycles. The third-order valence-corrected chi connectivity index (χ3v) is 3.60. The molecule has 1 atom stereocenters. The van der Waals surface area contributed by atoms with Crippen LogP contribution < -0.4 is 5.32 Å². The molecular weight excluding hydrogens is 280 g/mol. The van der Waals surface area contributed by atoms with Crippen molar-refractivity contribution < 1.29 is 14.7 Å². The lowest BCUT2D eigenvalue weighted by Gasteiger charge is -2.17. The zero-order valence-corrected chi connectivity index (χ0v) is 12.5. The molecule has 1 aromatic carbocycles. The van der Waals surface area contributed by atoms with Gasteiger partial charge < -0.3 is 10.4 Å². The number of benzene rings is 1. The molecule has 0 fully saturated rings. The van der Waals surface area contributed by atoms with Gasteiger partial charge in [-0.25, -0.2) is 4.79 Å². The average molecular weight is 298 g/mol. The van der Waals surface area contributed by atoms with E-state index >= 15 is 0 Å². The fraction of sp³-hybridized carbons (Fsp3) is 0.235. The predicted octanol–water partition coefficient (Wildman–Crippen LogP) is 2.12. The van der Waals surface area contributed by atoms with Crippen molar-refractivity contribution in [2.45, 2.75) is 26.3 Å². The van der Waals surface area contributed by atoms with Gasteiger partial charge in [0.25, 0.3) is 5.91 Å². The molecular formula is C17H18N2O3. The number of carbonyl (C=O) groups is 2. The average Bonchev–Trinajstić information content (AvgIpc) is 2.50. The highest BCUT2D eigenvalue weighted by Gasteiger charge is 2.22. The smallest absolute Gasteiger partial charge is 0.326 e. The molecule has 2 aromatic rings. The minimum absolute atomic E-state index is 0.255. The number of nitrogens with one attached hydrogen (secondary N) is 1. The Morgan fingerprint density at radius 2 is 1.73 bits per heavy atom. The quantitative estimate of drug-likeness (QED) is 0.886. The van der Waals surface area contributed by atoms with Crippen molar-refractivity contribution in [1.82, 2.24) is 10.3 Å². The fourth-order valence-electron chi connectivity index (χ4n) is 2.32. The molecule has 1 amide bonds. The number of aliphatic carboxylic acids is 1. The van der Waals surface area contributed by atoms with E-state index in [1.54, 1.807) is 12.1 Å². The number of hydrogen-bond donors (Lipinski definition) is 2. The number of carboxylic acid groups (broad SMARTS) is 1. The van der Waals surface area contributed by atoms with Gasteiger partial charge in [0.2, 0.25) is 0 Å². The Hall–Kier alpha value is -2.69. The van der Waals surface area contributed by atoms with Gasteiger partial charge in [0.1, 0.15) is 6.04 Å². The highest BCUT2D eigenvalue weighted by Crippen LogP contribution is 2.16. The van der Waals surface area contributed by atoms with E-state index < -0.39 is 17.9 Å². The van der Waals surface area contributed by atoms with Crippen molar-refractivity contribution >= 4 is 11.9 Å². The van der Waals surface area contributed by atoms with Gasteiger partial charge >= 0.3 is 5.97 Å². The third kappa shape index (κ3) is 3.69. The molecule has 0 unspecified atom stereocenters. The Labute approximate surface area is 129 Å². The summed E-state index contributed by atoms with van der Waals surface area (Å²) in [6, 6.07) is 7.93. The summed E-state index contributed by atoms with van der Waals surface area (Å²) in [6.07, 6.45) is 3.25.